The molecule has 0 saturated carbocycles. The third-order valence-electron chi connectivity index (χ3n) is 3.90. The maximum atomic E-state index is 12.1. The maximum Gasteiger partial charge on any atom is 0.339 e. The van der Waals surface area contributed by atoms with Crippen molar-refractivity contribution < 1.29 is 9.53 Å². The van der Waals surface area contributed by atoms with E-state index in [4.69, 9.17) is 4.74 Å². The predicted octanol–water partition coefficient (Wildman–Crippen LogP) is 3.76. The lowest BCUT2D eigenvalue weighted by molar-refractivity contribution is 0.0252. The van der Waals surface area contributed by atoms with Crippen molar-refractivity contribution >= 4 is 5.97 Å². The molecule has 0 spiro atoms. The van der Waals surface area contributed by atoms with E-state index in [0.717, 1.165) is 23.1 Å². The summed E-state index contributed by atoms with van der Waals surface area (Å²) in [6.07, 6.45) is 0.597. The molecule has 0 radical (unpaired) electrons. The Morgan fingerprint density at radius 3 is 2.53 bits per heavy atom. The molecule has 0 fully saturated rings. The summed E-state index contributed by atoms with van der Waals surface area (Å²) in [5, 5.41) is 0. The number of rotatable bonds is 1. The molecule has 2 nitrogen and oxygen atoms in total. The topological polar surface area (TPSA) is 26.3 Å². The molecule has 3 rings (SSSR count). The van der Waals surface area contributed by atoms with Crippen molar-refractivity contribution in [1.82, 2.24) is 0 Å². The molecule has 0 N–H and O–H groups in total. The normalized spacial score (nSPS) is 17.8. The molecule has 1 unspecified atom stereocenters. The zero-order valence-electron chi connectivity index (χ0n) is 11.1. The van der Waals surface area contributed by atoms with E-state index in [2.05, 4.69) is 13.8 Å². The second-order valence-corrected chi connectivity index (χ2v) is 5.04. The van der Waals surface area contributed by atoms with E-state index in [1.54, 1.807) is 0 Å². The van der Waals surface area contributed by atoms with Gasteiger partial charge in [0.25, 0.3) is 0 Å². The number of aryl methyl sites for hydroxylation is 1. The van der Waals surface area contributed by atoms with Crippen LogP contribution < -0.4 is 0 Å². The van der Waals surface area contributed by atoms with E-state index in [0.29, 0.717) is 0 Å². The van der Waals surface area contributed by atoms with Crippen LogP contribution in [0.15, 0.2) is 42.5 Å². The number of benzene rings is 2. The Morgan fingerprint density at radius 2 is 1.79 bits per heavy atom. The van der Waals surface area contributed by atoms with Crippen molar-refractivity contribution in [3.63, 3.8) is 0 Å². The lowest BCUT2D eigenvalue weighted by Crippen LogP contribution is -2.23. The van der Waals surface area contributed by atoms with Gasteiger partial charge in [-0.2, -0.15) is 0 Å². The van der Waals surface area contributed by atoms with Crippen LogP contribution in [0.2, 0.25) is 0 Å². The number of carbonyl (C=O) groups is 1. The lowest BCUT2D eigenvalue weighted by Gasteiger charge is -2.26. The maximum absolute atomic E-state index is 12.1. The lowest BCUT2D eigenvalue weighted by atomic mass is 9.89. The molecule has 1 atom stereocenters. The quantitative estimate of drug-likeness (QED) is 0.722. The molecular weight excluding hydrogens is 236 g/mol. The second kappa shape index (κ2) is 4.54. The van der Waals surface area contributed by atoms with Gasteiger partial charge in [-0.15, -0.1) is 0 Å². The number of cyclic esters (lactones) is 1. The Hall–Kier alpha value is -2.09. The zero-order chi connectivity index (χ0) is 13.4. The molecule has 2 aromatic rings. The Labute approximate surface area is 113 Å². The molecule has 96 valence electrons. The molecule has 19 heavy (non-hydrogen) atoms. The highest BCUT2D eigenvalue weighted by atomic mass is 16.5. The van der Waals surface area contributed by atoms with Crippen molar-refractivity contribution in [3.8, 4) is 0 Å². The number of carbonyl (C=O) groups excluding carboxylic acids is 1. The van der Waals surface area contributed by atoms with Crippen molar-refractivity contribution in [2.75, 3.05) is 0 Å². The fraction of sp³-hybridized carbons (Fsp3) is 0.235. The smallest absolute Gasteiger partial charge is 0.339 e. The summed E-state index contributed by atoms with van der Waals surface area (Å²) in [7, 11) is 0. The van der Waals surface area contributed by atoms with E-state index in [9.17, 15) is 4.79 Å². The first-order chi connectivity index (χ1) is 9.16. The fourth-order valence-corrected chi connectivity index (χ4v) is 2.60. The van der Waals surface area contributed by atoms with Crippen molar-refractivity contribution in [1.29, 1.82) is 0 Å². The van der Waals surface area contributed by atoms with Crippen LogP contribution in [-0.4, -0.2) is 5.97 Å². The average molecular weight is 252 g/mol. The summed E-state index contributed by atoms with van der Waals surface area (Å²) >= 11 is 0. The molecule has 2 heteroatoms. The van der Waals surface area contributed by atoms with Crippen LogP contribution >= 0.6 is 0 Å². The van der Waals surface area contributed by atoms with Gasteiger partial charge < -0.3 is 4.74 Å². The van der Waals surface area contributed by atoms with Crippen molar-refractivity contribution in [3.05, 3.63) is 70.3 Å². The van der Waals surface area contributed by atoms with Gasteiger partial charge in [-0.3, -0.25) is 0 Å². The van der Waals surface area contributed by atoms with Crippen LogP contribution in [0, 0.1) is 13.8 Å². The minimum absolute atomic E-state index is 0.165. The highest BCUT2D eigenvalue weighted by Crippen LogP contribution is 2.33. The van der Waals surface area contributed by atoms with E-state index in [-0.39, 0.29) is 12.1 Å². The van der Waals surface area contributed by atoms with Crippen LogP contribution in [0.1, 0.15) is 38.7 Å². The Kier molecular flexibility index (Phi) is 2.86. The molecule has 0 aliphatic carbocycles. The minimum Gasteiger partial charge on any atom is -0.454 e. The number of ether oxygens (including phenoxy) is 1. The van der Waals surface area contributed by atoms with Gasteiger partial charge in [0.1, 0.15) is 6.10 Å². The first-order valence-electron chi connectivity index (χ1n) is 6.52. The summed E-state index contributed by atoms with van der Waals surface area (Å²) in [6, 6.07) is 13.8. The second-order valence-electron chi connectivity index (χ2n) is 5.04. The molecule has 0 aromatic heterocycles. The molecule has 1 aliphatic heterocycles. The molecule has 0 amide bonds. The van der Waals surface area contributed by atoms with Gasteiger partial charge in [-0.05, 0) is 42.2 Å². The van der Waals surface area contributed by atoms with Crippen LogP contribution in [0.25, 0.3) is 0 Å². The van der Waals surface area contributed by atoms with Gasteiger partial charge in [0.05, 0.1) is 5.56 Å². The van der Waals surface area contributed by atoms with Gasteiger partial charge in [-0.25, -0.2) is 4.79 Å². The van der Waals surface area contributed by atoms with Crippen molar-refractivity contribution in [2.24, 2.45) is 0 Å². The molecule has 0 saturated heterocycles. The minimum atomic E-state index is -0.210. The molecule has 2 aromatic carbocycles. The fourth-order valence-electron chi connectivity index (χ4n) is 2.60. The van der Waals surface area contributed by atoms with E-state index in [1.165, 1.54) is 11.1 Å². The van der Waals surface area contributed by atoms with Crippen LogP contribution in [-0.2, 0) is 11.2 Å². The van der Waals surface area contributed by atoms with Crippen molar-refractivity contribution in [2.45, 2.75) is 26.4 Å². The standard InChI is InChI=1S/C17H16O2/c1-11-8-9-14-15(12(11)2)10-16(19-17(14)18)13-6-4-3-5-7-13/h3-9,16H,10H2,1-2H3. The number of esters is 1. The van der Waals surface area contributed by atoms with Gasteiger partial charge in [0, 0.05) is 6.42 Å². The summed E-state index contributed by atoms with van der Waals surface area (Å²) in [4.78, 5) is 12.1. The Bertz CT molecular complexity index is 629. The Balaban J connectivity index is 2.04. The molecular formula is C17H16O2. The Morgan fingerprint density at radius 1 is 1.05 bits per heavy atom. The van der Waals surface area contributed by atoms with Crippen LogP contribution in [0.5, 0.6) is 0 Å². The van der Waals surface area contributed by atoms with E-state index in [1.807, 2.05) is 42.5 Å². The van der Waals surface area contributed by atoms with Crippen LogP contribution in [0.3, 0.4) is 0 Å². The number of fused-ring (bicyclic) bond motifs is 1. The average Bonchev–Trinajstić information content (AvgIpc) is 2.44. The third-order valence-corrected chi connectivity index (χ3v) is 3.90. The zero-order valence-corrected chi connectivity index (χ0v) is 11.1. The highest BCUT2D eigenvalue weighted by Gasteiger charge is 2.28. The van der Waals surface area contributed by atoms with Gasteiger partial charge in [0.15, 0.2) is 0 Å². The van der Waals surface area contributed by atoms with Gasteiger partial charge >= 0.3 is 5.97 Å². The number of hydrogen-bond donors (Lipinski definition) is 0. The summed E-state index contributed by atoms with van der Waals surface area (Å²) in [6.45, 7) is 4.15. The van der Waals surface area contributed by atoms with Gasteiger partial charge in [0.2, 0.25) is 0 Å². The largest absolute Gasteiger partial charge is 0.454 e. The summed E-state index contributed by atoms with van der Waals surface area (Å²) in [5.74, 6) is -0.210. The third kappa shape index (κ3) is 2.03. The SMILES string of the molecule is Cc1ccc2c(c1C)CC(c1ccccc1)OC2=O. The number of hydrogen-bond acceptors (Lipinski definition) is 2. The first kappa shape index (κ1) is 12.0. The molecule has 0 bridgehead atoms. The predicted molar refractivity (Wildman–Crippen MR) is 74.2 cm³/mol. The molecule has 1 aliphatic rings. The van der Waals surface area contributed by atoms with E-state index >= 15 is 0 Å². The molecule has 1 heterocycles. The van der Waals surface area contributed by atoms with Crippen LogP contribution in [0.4, 0.5) is 0 Å². The first-order valence-corrected chi connectivity index (χ1v) is 6.52. The highest BCUT2D eigenvalue weighted by molar-refractivity contribution is 5.92. The van der Waals surface area contributed by atoms with E-state index < -0.39 is 0 Å². The van der Waals surface area contributed by atoms with Gasteiger partial charge in [-0.1, -0.05) is 36.4 Å². The monoisotopic (exact) mass is 252 g/mol. The summed E-state index contributed by atoms with van der Waals surface area (Å²) in [5.41, 5.74) is 5.33. The summed E-state index contributed by atoms with van der Waals surface area (Å²) < 4.78 is 5.55.